The molecule has 5 nitrogen and oxygen atoms in total. The summed E-state index contributed by atoms with van der Waals surface area (Å²) in [5.74, 6) is 3.17. The van der Waals surface area contributed by atoms with Crippen LogP contribution in [-0.2, 0) is 13.1 Å². The van der Waals surface area contributed by atoms with Crippen molar-refractivity contribution in [3.8, 4) is 23.0 Å². The van der Waals surface area contributed by atoms with Crippen LogP contribution in [0.15, 0.2) is 36.4 Å². The maximum Gasteiger partial charge on any atom is 0.231 e. The van der Waals surface area contributed by atoms with E-state index in [1.54, 1.807) is 7.11 Å². The number of rotatable bonds is 7. The molecule has 0 atom stereocenters. The Labute approximate surface area is 136 Å². The van der Waals surface area contributed by atoms with Gasteiger partial charge in [0, 0.05) is 18.7 Å². The zero-order valence-corrected chi connectivity index (χ0v) is 13.4. The summed E-state index contributed by atoms with van der Waals surface area (Å²) in [5.41, 5.74) is 2.23. The van der Waals surface area contributed by atoms with E-state index in [0.29, 0.717) is 19.9 Å². The Bertz CT molecular complexity index is 672. The van der Waals surface area contributed by atoms with Crippen LogP contribution in [-0.4, -0.2) is 20.5 Å². The van der Waals surface area contributed by atoms with E-state index in [9.17, 15) is 0 Å². The van der Waals surface area contributed by atoms with E-state index < -0.39 is 0 Å². The maximum absolute atomic E-state index is 5.60. The summed E-state index contributed by atoms with van der Waals surface area (Å²) >= 11 is 0. The van der Waals surface area contributed by atoms with Crippen molar-refractivity contribution in [1.82, 2.24) is 5.32 Å². The van der Waals surface area contributed by atoms with Gasteiger partial charge in [0.2, 0.25) is 6.79 Å². The average Bonchev–Trinajstić information content (AvgIpc) is 3.05. The zero-order valence-electron chi connectivity index (χ0n) is 13.4. The van der Waals surface area contributed by atoms with Crippen LogP contribution in [0.5, 0.6) is 23.0 Å². The Morgan fingerprint density at radius 1 is 1.09 bits per heavy atom. The summed E-state index contributed by atoms with van der Waals surface area (Å²) in [4.78, 5) is 0. The molecular formula is C18H21NO4. The van der Waals surface area contributed by atoms with E-state index in [2.05, 4.69) is 5.32 Å². The fourth-order valence-corrected chi connectivity index (χ4v) is 2.57. The Morgan fingerprint density at radius 2 is 2.00 bits per heavy atom. The SMILES string of the molecule is CCOc1cc(CNCc2cccc3c2OCO3)ccc1OC. The minimum Gasteiger partial charge on any atom is -0.493 e. The lowest BCUT2D eigenvalue weighted by molar-refractivity contribution is 0.173. The van der Waals surface area contributed by atoms with E-state index in [-0.39, 0.29) is 0 Å². The van der Waals surface area contributed by atoms with Gasteiger partial charge in [-0.3, -0.25) is 0 Å². The third-order valence-electron chi connectivity index (χ3n) is 3.65. The van der Waals surface area contributed by atoms with E-state index in [1.807, 2.05) is 43.3 Å². The van der Waals surface area contributed by atoms with Gasteiger partial charge in [0.15, 0.2) is 23.0 Å². The predicted octanol–water partition coefficient (Wildman–Crippen LogP) is 3.11. The topological polar surface area (TPSA) is 49.0 Å². The quantitative estimate of drug-likeness (QED) is 0.851. The summed E-state index contributed by atoms with van der Waals surface area (Å²) in [6, 6.07) is 11.9. The van der Waals surface area contributed by atoms with Crippen LogP contribution in [0.25, 0.3) is 0 Å². The molecule has 0 spiro atoms. The minimum absolute atomic E-state index is 0.294. The number of fused-ring (bicyclic) bond motifs is 1. The van der Waals surface area contributed by atoms with Crippen LogP contribution < -0.4 is 24.3 Å². The monoisotopic (exact) mass is 315 g/mol. The van der Waals surface area contributed by atoms with Gasteiger partial charge < -0.3 is 24.3 Å². The highest BCUT2D eigenvalue weighted by Crippen LogP contribution is 2.35. The number of nitrogens with one attached hydrogen (secondary N) is 1. The van der Waals surface area contributed by atoms with Crippen molar-refractivity contribution in [2.45, 2.75) is 20.0 Å². The van der Waals surface area contributed by atoms with Gasteiger partial charge in [0.05, 0.1) is 13.7 Å². The number of benzene rings is 2. The first-order valence-electron chi connectivity index (χ1n) is 7.69. The van der Waals surface area contributed by atoms with Crippen LogP contribution in [0.2, 0.25) is 0 Å². The average molecular weight is 315 g/mol. The Kier molecular flexibility index (Phi) is 4.88. The minimum atomic E-state index is 0.294. The molecule has 0 radical (unpaired) electrons. The molecule has 0 unspecified atom stereocenters. The summed E-state index contributed by atoms with van der Waals surface area (Å²) in [7, 11) is 1.65. The van der Waals surface area contributed by atoms with Crippen LogP contribution in [0.3, 0.4) is 0 Å². The molecule has 0 fully saturated rings. The largest absolute Gasteiger partial charge is 0.493 e. The van der Waals surface area contributed by atoms with Crippen molar-refractivity contribution in [2.75, 3.05) is 20.5 Å². The Balaban J connectivity index is 1.63. The van der Waals surface area contributed by atoms with E-state index in [1.165, 1.54) is 0 Å². The fraction of sp³-hybridized carbons (Fsp3) is 0.333. The summed E-state index contributed by atoms with van der Waals surface area (Å²) < 4.78 is 21.8. The van der Waals surface area contributed by atoms with Gasteiger partial charge in [-0.15, -0.1) is 0 Å². The first-order chi connectivity index (χ1) is 11.3. The Morgan fingerprint density at radius 3 is 2.83 bits per heavy atom. The third-order valence-corrected chi connectivity index (χ3v) is 3.65. The van der Waals surface area contributed by atoms with Crippen LogP contribution >= 0.6 is 0 Å². The summed E-state index contributed by atoms with van der Waals surface area (Å²) in [6.07, 6.45) is 0. The first kappa shape index (κ1) is 15.5. The molecule has 0 bridgehead atoms. The summed E-state index contributed by atoms with van der Waals surface area (Å²) in [5, 5.41) is 3.42. The molecule has 0 aromatic heterocycles. The lowest BCUT2D eigenvalue weighted by atomic mass is 10.1. The van der Waals surface area contributed by atoms with Crippen LogP contribution in [0.1, 0.15) is 18.1 Å². The number of methoxy groups -OCH3 is 1. The molecule has 0 aliphatic carbocycles. The smallest absolute Gasteiger partial charge is 0.231 e. The molecule has 3 rings (SSSR count). The van der Waals surface area contributed by atoms with Crippen molar-refractivity contribution in [3.63, 3.8) is 0 Å². The first-order valence-corrected chi connectivity index (χ1v) is 7.69. The number of hydrogen-bond acceptors (Lipinski definition) is 5. The van der Waals surface area contributed by atoms with Crippen molar-refractivity contribution in [2.24, 2.45) is 0 Å². The number of hydrogen-bond donors (Lipinski definition) is 1. The highest BCUT2D eigenvalue weighted by atomic mass is 16.7. The summed E-state index contributed by atoms with van der Waals surface area (Å²) in [6.45, 7) is 4.31. The van der Waals surface area contributed by atoms with Crippen molar-refractivity contribution < 1.29 is 18.9 Å². The molecular weight excluding hydrogens is 294 g/mol. The molecule has 2 aromatic carbocycles. The van der Waals surface area contributed by atoms with Crippen molar-refractivity contribution >= 4 is 0 Å². The fourth-order valence-electron chi connectivity index (χ4n) is 2.57. The molecule has 1 heterocycles. The lowest BCUT2D eigenvalue weighted by Crippen LogP contribution is -2.13. The second kappa shape index (κ2) is 7.24. The molecule has 0 saturated carbocycles. The third kappa shape index (κ3) is 3.51. The molecule has 5 heteroatoms. The van der Waals surface area contributed by atoms with E-state index in [4.69, 9.17) is 18.9 Å². The molecule has 0 saturated heterocycles. The highest BCUT2D eigenvalue weighted by molar-refractivity contribution is 5.48. The predicted molar refractivity (Wildman–Crippen MR) is 87.3 cm³/mol. The molecule has 1 aliphatic heterocycles. The van der Waals surface area contributed by atoms with Gasteiger partial charge in [-0.25, -0.2) is 0 Å². The van der Waals surface area contributed by atoms with Gasteiger partial charge >= 0.3 is 0 Å². The molecule has 23 heavy (non-hydrogen) atoms. The molecule has 2 aromatic rings. The van der Waals surface area contributed by atoms with Gasteiger partial charge in [0.1, 0.15) is 0 Å². The Hall–Kier alpha value is -2.40. The van der Waals surface area contributed by atoms with Gasteiger partial charge in [-0.05, 0) is 30.7 Å². The van der Waals surface area contributed by atoms with Gasteiger partial charge in [0.25, 0.3) is 0 Å². The normalized spacial score (nSPS) is 12.3. The molecule has 1 aliphatic rings. The van der Waals surface area contributed by atoms with Crippen LogP contribution in [0, 0.1) is 0 Å². The highest BCUT2D eigenvalue weighted by Gasteiger charge is 2.16. The zero-order chi connectivity index (χ0) is 16.1. The molecule has 0 amide bonds. The van der Waals surface area contributed by atoms with Crippen molar-refractivity contribution in [1.29, 1.82) is 0 Å². The standard InChI is InChI=1S/C18H21NO4/c1-3-21-17-9-13(7-8-15(17)20-2)10-19-11-14-5-4-6-16-18(14)23-12-22-16/h4-9,19H,3,10-12H2,1-2H3. The van der Waals surface area contributed by atoms with E-state index in [0.717, 1.165) is 40.7 Å². The lowest BCUT2D eigenvalue weighted by Gasteiger charge is -2.12. The van der Waals surface area contributed by atoms with Gasteiger partial charge in [-0.1, -0.05) is 18.2 Å². The van der Waals surface area contributed by atoms with Crippen LogP contribution in [0.4, 0.5) is 0 Å². The van der Waals surface area contributed by atoms with E-state index >= 15 is 0 Å². The van der Waals surface area contributed by atoms with Gasteiger partial charge in [-0.2, -0.15) is 0 Å². The second-order valence-electron chi connectivity index (χ2n) is 5.17. The number of para-hydroxylation sites is 1. The number of ether oxygens (including phenoxy) is 4. The van der Waals surface area contributed by atoms with Crippen molar-refractivity contribution in [3.05, 3.63) is 47.5 Å². The second-order valence-corrected chi connectivity index (χ2v) is 5.17. The molecule has 122 valence electrons. The maximum atomic E-state index is 5.60. The molecule has 1 N–H and O–H groups in total.